The fourth-order valence-electron chi connectivity index (χ4n) is 4.57. The van der Waals surface area contributed by atoms with Gasteiger partial charge in [0.25, 0.3) is 11.7 Å². The first-order chi connectivity index (χ1) is 17.8. The summed E-state index contributed by atoms with van der Waals surface area (Å²) in [5.41, 5.74) is 3.16. The summed E-state index contributed by atoms with van der Waals surface area (Å²) in [7, 11) is 3.94. The lowest BCUT2D eigenvalue weighted by molar-refractivity contribution is -0.139. The molecule has 192 valence electrons. The van der Waals surface area contributed by atoms with Crippen LogP contribution < -0.4 is 4.74 Å². The molecule has 1 heterocycles. The summed E-state index contributed by atoms with van der Waals surface area (Å²) in [6.07, 6.45) is 0.705. The zero-order valence-electron chi connectivity index (χ0n) is 21.3. The summed E-state index contributed by atoms with van der Waals surface area (Å²) in [6, 6.07) is 22.0. The van der Waals surface area contributed by atoms with Gasteiger partial charge in [0.05, 0.1) is 11.6 Å². The van der Waals surface area contributed by atoms with Crippen LogP contribution >= 0.6 is 15.9 Å². The van der Waals surface area contributed by atoms with Crippen LogP contribution in [0.1, 0.15) is 34.7 Å². The van der Waals surface area contributed by atoms with E-state index in [1.165, 1.54) is 0 Å². The van der Waals surface area contributed by atoms with E-state index in [0.29, 0.717) is 30.9 Å². The number of carbonyl (C=O) groups is 2. The summed E-state index contributed by atoms with van der Waals surface area (Å²) in [5, 5.41) is 11.4. The number of hydrogen-bond donors (Lipinski definition) is 1. The number of likely N-dealkylation sites (tertiary alicyclic amines) is 1. The van der Waals surface area contributed by atoms with Gasteiger partial charge in [-0.15, -0.1) is 0 Å². The topological polar surface area (TPSA) is 70.1 Å². The average molecular weight is 563 g/mol. The second-order valence-electron chi connectivity index (χ2n) is 9.46. The van der Waals surface area contributed by atoms with Gasteiger partial charge < -0.3 is 19.6 Å². The monoisotopic (exact) mass is 562 g/mol. The predicted molar refractivity (Wildman–Crippen MR) is 148 cm³/mol. The van der Waals surface area contributed by atoms with Gasteiger partial charge in [-0.1, -0.05) is 58.4 Å². The third-order valence-electron chi connectivity index (χ3n) is 6.41. The first-order valence-corrected chi connectivity index (χ1v) is 13.0. The number of Topliss-reactive ketones (excluding diaryl/α,β-unsaturated/α-hetero) is 1. The van der Waals surface area contributed by atoms with Crippen molar-refractivity contribution in [3.63, 3.8) is 0 Å². The molecule has 0 spiro atoms. The second kappa shape index (κ2) is 11.8. The van der Waals surface area contributed by atoms with Crippen LogP contribution in [0, 0.1) is 6.92 Å². The third-order valence-corrected chi connectivity index (χ3v) is 6.90. The van der Waals surface area contributed by atoms with Crippen molar-refractivity contribution in [3.8, 4) is 5.75 Å². The Morgan fingerprint density at radius 1 is 1.03 bits per heavy atom. The SMILES string of the molecule is Cc1cc(OCc2ccccc2)ccc1C(O)=C1C(=O)C(=O)N(CCCN(C)C)[C@H]1c1cccc(Br)c1. The van der Waals surface area contributed by atoms with Gasteiger partial charge in [-0.2, -0.15) is 0 Å². The molecule has 0 aliphatic carbocycles. The van der Waals surface area contributed by atoms with Crippen molar-refractivity contribution >= 4 is 33.4 Å². The van der Waals surface area contributed by atoms with Crippen molar-refractivity contribution in [1.82, 2.24) is 9.80 Å². The van der Waals surface area contributed by atoms with Crippen molar-refractivity contribution in [1.29, 1.82) is 0 Å². The number of nitrogens with zero attached hydrogens (tertiary/aromatic N) is 2. The number of amides is 1. The van der Waals surface area contributed by atoms with E-state index in [9.17, 15) is 14.7 Å². The highest BCUT2D eigenvalue weighted by molar-refractivity contribution is 9.10. The van der Waals surface area contributed by atoms with E-state index in [0.717, 1.165) is 27.7 Å². The van der Waals surface area contributed by atoms with E-state index >= 15 is 0 Å². The number of ether oxygens (including phenoxy) is 1. The minimum Gasteiger partial charge on any atom is -0.507 e. The molecular weight excluding hydrogens is 532 g/mol. The number of aliphatic hydroxyl groups is 1. The van der Waals surface area contributed by atoms with Crippen molar-refractivity contribution in [2.45, 2.75) is 26.0 Å². The van der Waals surface area contributed by atoms with Gasteiger partial charge in [-0.25, -0.2) is 0 Å². The van der Waals surface area contributed by atoms with Crippen molar-refractivity contribution < 1.29 is 19.4 Å². The van der Waals surface area contributed by atoms with Gasteiger partial charge in [-0.3, -0.25) is 9.59 Å². The number of hydrogen-bond acceptors (Lipinski definition) is 5. The number of rotatable bonds is 9. The molecule has 37 heavy (non-hydrogen) atoms. The number of carbonyl (C=O) groups excluding carboxylic acids is 2. The summed E-state index contributed by atoms with van der Waals surface area (Å²) in [4.78, 5) is 30.0. The molecule has 0 saturated carbocycles. The van der Waals surface area contributed by atoms with Crippen LogP contribution in [0.25, 0.3) is 5.76 Å². The Morgan fingerprint density at radius 2 is 1.78 bits per heavy atom. The number of benzene rings is 3. The standard InChI is InChI=1S/C30H31BrN2O4/c1-20-17-24(37-19-21-9-5-4-6-10-21)13-14-25(20)28(34)26-27(22-11-7-12-23(31)18-22)33(30(36)29(26)35)16-8-15-32(2)3/h4-7,9-14,17-18,27,34H,8,15-16,19H2,1-3H3/t27-/m0/s1. The fraction of sp³-hybridized carbons (Fsp3) is 0.267. The molecule has 1 aliphatic rings. The zero-order valence-corrected chi connectivity index (χ0v) is 22.9. The molecule has 3 aromatic rings. The van der Waals surface area contributed by atoms with Crippen LogP contribution in [0.15, 0.2) is 82.8 Å². The van der Waals surface area contributed by atoms with Crippen molar-refractivity contribution in [2.75, 3.05) is 27.2 Å². The average Bonchev–Trinajstić information content (AvgIpc) is 3.13. The molecule has 1 amide bonds. The van der Waals surface area contributed by atoms with Crippen LogP contribution in [0.4, 0.5) is 0 Å². The fourth-order valence-corrected chi connectivity index (χ4v) is 4.99. The smallest absolute Gasteiger partial charge is 0.295 e. The van der Waals surface area contributed by atoms with E-state index in [1.54, 1.807) is 17.0 Å². The number of aryl methyl sites for hydroxylation is 1. The quantitative estimate of drug-likeness (QED) is 0.205. The van der Waals surface area contributed by atoms with E-state index in [-0.39, 0.29) is 11.3 Å². The minimum absolute atomic E-state index is 0.106. The lowest BCUT2D eigenvalue weighted by Crippen LogP contribution is -2.32. The Kier molecular flexibility index (Phi) is 8.46. The maximum atomic E-state index is 13.3. The lowest BCUT2D eigenvalue weighted by atomic mass is 9.94. The maximum absolute atomic E-state index is 13.3. The van der Waals surface area contributed by atoms with E-state index in [4.69, 9.17) is 4.74 Å². The number of aliphatic hydroxyl groups excluding tert-OH is 1. The van der Waals surface area contributed by atoms with E-state index < -0.39 is 17.7 Å². The highest BCUT2D eigenvalue weighted by atomic mass is 79.9. The van der Waals surface area contributed by atoms with E-state index in [2.05, 4.69) is 15.9 Å². The molecular formula is C30H31BrN2O4. The lowest BCUT2D eigenvalue weighted by Gasteiger charge is -2.26. The summed E-state index contributed by atoms with van der Waals surface area (Å²) < 4.78 is 6.75. The Bertz CT molecular complexity index is 1320. The summed E-state index contributed by atoms with van der Waals surface area (Å²) in [5.74, 6) is -0.780. The molecule has 1 aliphatic heterocycles. The molecule has 7 heteroatoms. The highest BCUT2D eigenvalue weighted by Gasteiger charge is 2.46. The number of ketones is 1. The van der Waals surface area contributed by atoms with Crippen LogP contribution in [0.3, 0.4) is 0 Å². The van der Waals surface area contributed by atoms with Crippen LogP contribution in [0.2, 0.25) is 0 Å². The van der Waals surface area contributed by atoms with Crippen molar-refractivity contribution in [2.24, 2.45) is 0 Å². The van der Waals surface area contributed by atoms with Gasteiger partial charge in [0, 0.05) is 16.6 Å². The first-order valence-electron chi connectivity index (χ1n) is 12.2. The molecule has 1 atom stereocenters. The van der Waals surface area contributed by atoms with Crippen LogP contribution in [-0.4, -0.2) is 53.8 Å². The van der Waals surface area contributed by atoms with E-state index in [1.807, 2.05) is 86.6 Å². The molecule has 1 N–H and O–H groups in total. The number of halogens is 1. The predicted octanol–water partition coefficient (Wildman–Crippen LogP) is 5.71. The van der Waals surface area contributed by atoms with Gasteiger partial charge in [0.15, 0.2) is 0 Å². The summed E-state index contributed by atoms with van der Waals surface area (Å²) >= 11 is 3.50. The molecule has 0 aromatic heterocycles. The molecule has 0 bridgehead atoms. The van der Waals surface area contributed by atoms with Crippen LogP contribution in [-0.2, 0) is 16.2 Å². The molecule has 4 rings (SSSR count). The van der Waals surface area contributed by atoms with Gasteiger partial charge in [0.1, 0.15) is 18.1 Å². The molecule has 1 fully saturated rings. The molecule has 6 nitrogen and oxygen atoms in total. The Hall–Kier alpha value is -3.42. The Balaban J connectivity index is 1.68. The second-order valence-corrected chi connectivity index (χ2v) is 10.4. The largest absolute Gasteiger partial charge is 0.507 e. The normalized spacial score (nSPS) is 17.0. The Morgan fingerprint density at radius 3 is 2.46 bits per heavy atom. The maximum Gasteiger partial charge on any atom is 0.295 e. The summed E-state index contributed by atoms with van der Waals surface area (Å²) in [6.45, 7) is 3.46. The Labute approximate surface area is 226 Å². The van der Waals surface area contributed by atoms with Gasteiger partial charge in [0.2, 0.25) is 0 Å². The zero-order chi connectivity index (χ0) is 26.5. The van der Waals surface area contributed by atoms with Crippen molar-refractivity contribution in [3.05, 3.63) is 105 Å². The molecule has 0 unspecified atom stereocenters. The minimum atomic E-state index is -0.673. The van der Waals surface area contributed by atoms with Gasteiger partial charge in [-0.05, 0) is 81.0 Å². The van der Waals surface area contributed by atoms with Crippen LogP contribution in [0.5, 0.6) is 5.75 Å². The molecule has 1 saturated heterocycles. The van der Waals surface area contributed by atoms with Gasteiger partial charge >= 0.3 is 0 Å². The third kappa shape index (κ3) is 6.12. The molecule has 3 aromatic carbocycles. The molecule has 0 radical (unpaired) electrons. The highest BCUT2D eigenvalue weighted by Crippen LogP contribution is 2.40. The first kappa shape index (κ1) is 26.6.